The fourth-order valence-electron chi connectivity index (χ4n) is 4.38. The van der Waals surface area contributed by atoms with Gasteiger partial charge < -0.3 is 0 Å². The third kappa shape index (κ3) is 9.13. The lowest BCUT2D eigenvalue weighted by atomic mass is 10.00. The van der Waals surface area contributed by atoms with Crippen molar-refractivity contribution in [1.29, 1.82) is 0 Å². The Labute approximate surface area is 212 Å². The van der Waals surface area contributed by atoms with E-state index in [0.717, 1.165) is 38.8 Å². The van der Waals surface area contributed by atoms with Crippen LogP contribution in [-0.2, 0) is 19.4 Å². The van der Waals surface area contributed by atoms with Gasteiger partial charge in [-0.15, -0.1) is 0 Å². The van der Waals surface area contributed by atoms with Gasteiger partial charge in [-0.05, 0) is 87.8 Å². The van der Waals surface area contributed by atoms with E-state index in [2.05, 4.69) is 123 Å². The minimum Gasteiger partial charge on any atom is -0.293 e. The minimum absolute atomic E-state index is 0.866. The van der Waals surface area contributed by atoms with Gasteiger partial charge in [0.15, 0.2) is 12.4 Å². The lowest BCUT2D eigenvalue weighted by molar-refractivity contribution is -0.697. The van der Waals surface area contributed by atoms with Gasteiger partial charge in [-0.3, -0.25) is 4.99 Å². The topological polar surface area (TPSA) is 16.2 Å². The van der Waals surface area contributed by atoms with E-state index >= 15 is 0 Å². The van der Waals surface area contributed by atoms with Crippen molar-refractivity contribution >= 4 is 6.21 Å². The summed E-state index contributed by atoms with van der Waals surface area (Å²) < 4.78 is 2.32. The van der Waals surface area contributed by atoms with Crippen LogP contribution in [0.3, 0.4) is 0 Å². The largest absolute Gasteiger partial charge is 0.293 e. The Morgan fingerprint density at radius 3 is 1.86 bits per heavy atom. The van der Waals surface area contributed by atoms with E-state index in [1.807, 2.05) is 6.21 Å². The van der Waals surface area contributed by atoms with E-state index in [0.29, 0.717) is 0 Å². The molecule has 35 heavy (non-hydrogen) atoms. The van der Waals surface area contributed by atoms with Crippen LogP contribution in [0.4, 0.5) is 0 Å². The van der Waals surface area contributed by atoms with Gasteiger partial charge in [0.2, 0.25) is 0 Å². The van der Waals surface area contributed by atoms with Crippen LogP contribution in [0.2, 0.25) is 0 Å². The average molecular weight is 466 g/mol. The number of rotatable bonds is 11. The van der Waals surface area contributed by atoms with Gasteiger partial charge in [0.1, 0.15) is 6.54 Å². The molecule has 0 saturated carbocycles. The molecule has 3 aromatic rings. The predicted molar refractivity (Wildman–Crippen MR) is 151 cm³/mol. The summed E-state index contributed by atoms with van der Waals surface area (Å²) in [6.07, 6.45) is 15.1. The van der Waals surface area contributed by atoms with Crippen LogP contribution in [0, 0.1) is 13.8 Å². The van der Waals surface area contributed by atoms with E-state index < -0.39 is 0 Å². The number of benzene rings is 2. The predicted octanol–water partition coefficient (Wildman–Crippen LogP) is 7.81. The van der Waals surface area contributed by atoms with Crippen molar-refractivity contribution in [3.63, 3.8) is 0 Å². The summed E-state index contributed by atoms with van der Waals surface area (Å²) >= 11 is 0. The fourth-order valence-corrected chi connectivity index (χ4v) is 4.38. The summed E-state index contributed by atoms with van der Waals surface area (Å²) in [5, 5.41) is 0. The summed E-state index contributed by atoms with van der Waals surface area (Å²) in [6, 6.07) is 20.3. The molecule has 182 valence electrons. The molecule has 0 fully saturated rings. The van der Waals surface area contributed by atoms with Crippen LogP contribution in [0.5, 0.6) is 0 Å². The highest BCUT2D eigenvalue weighted by Gasteiger charge is 2.04. The van der Waals surface area contributed by atoms with Crippen molar-refractivity contribution in [1.82, 2.24) is 0 Å². The molecule has 0 aliphatic carbocycles. The Balaban J connectivity index is 1.44. The number of aliphatic imine (C=N–C) groups is 1. The Morgan fingerprint density at radius 2 is 1.31 bits per heavy atom. The second kappa shape index (κ2) is 13.6. The number of aromatic nitrogens is 1. The highest BCUT2D eigenvalue weighted by molar-refractivity contribution is 5.78. The smallest absolute Gasteiger partial charge is 0.171 e. The molecule has 0 amide bonds. The molecule has 0 spiro atoms. The van der Waals surface area contributed by atoms with Crippen LogP contribution in [-0.4, -0.2) is 12.8 Å². The van der Waals surface area contributed by atoms with Crippen molar-refractivity contribution < 1.29 is 4.57 Å². The van der Waals surface area contributed by atoms with Crippen molar-refractivity contribution in [3.05, 3.63) is 113 Å². The van der Waals surface area contributed by atoms with Gasteiger partial charge >= 0.3 is 0 Å². The van der Waals surface area contributed by atoms with Crippen LogP contribution in [0.15, 0.2) is 95.3 Å². The molecule has 1 aromatic heterocycles. The Morgan fingerprint density at radius 1 is 0.771 bits per heavy atom. The molecule has 1 heterocycles. The fraction of sp³-hybridized carbons (Fsp3) is 0.333. The van der Waals surface area contributed by atoms with Crippen LogP contribution in [0.25, 0.3) is 11.1 Å². The average Bonchev–Trinajstić information content (AvgIpc) is 2.84. The number of hydrogen-bond donors (Lipinski definition) is 0. The maximum Gasteiger partial charge on any atom is 0.171 e. The number of pyridine rings is 1. The Kier molecular flexibility index (Phi) is 10.2. The number of nitrogens with zero attached hydrogens (tertiary/aromatic N) is 2. The molecule has 0 radical (unpaired) electrons. The molecule has 2 aromatic carbocycles. The van der Waals surface area contributed by atoms with Crippen molar-refractivity contribution in [3.8, 4) is 11.1 Å². The first-order valence-corrected chi connectivity index (χ1v) is 12.9. The summed E-state index contributed by atoms with van der Waals surface area (Å²) in [6.45, 7) is 12.5. The van der Waals surface area contributed by atoms with E-state index in [1.165, 1.54) is 44.5 Å². The molecule has 3 rings (SSSR count). The second-order valence-corrected chi connectivity index (χ2v) is 9.69. The third-order valence-corrected chi connectivity index (χ3v) is 6.28. The monoisotopic (exact) mass is 465 g/mol. The molecular formula is C33H41N2+. The molecule has 2 heteroatoms. The van der Waals surface area contributed by atoms with Crippen molar-refractivity contribution in [2.24, 2.45) is 4.99 Å². The quantitative estimate of drug-likeness (QED) is 0.119. The molecule has 0 unspecified atom stereocenters. The Bertz CT molecular complexity index is 1140. The maximum absolute atomic E-state index is 4.57. The minimum atomic E-state index is 0.866. The van der Waals surface area contributed by atoms with Crippen LogP contribution >= 0.6 is 0 Å². The maximum atomic E-state index is 4.57. The lowest BCUT2D eigenvalue weighted by Gasteiger charge is -2.06. The van der Waals surface area contributed by atoms with Crippen LogP contribution in [0.1, 0.15) is 55.9 Å². The van der Waals surface area contributed by atoms with Gasteiger partial charge in [0.25, 0.3) is 0 Å². The summed E-state index contributed by atoms with van der Waals surface area (Å²) in [7, 11) is 0. The van der Waals surface area contributed by atoms with E-state index in [1.54, 1.807) is 0 Å². The number of hydrogen-bond acceptors (Lipinski definition) is 1. The summed E-state index contributed by atoms with van der Waals surface area (Å²) in [5.41, 5.74) is 10.5. The number of aryl methyl sites for hydroxylation is 5. The van der Waals surface area contributed by atoms with Crippen molar-refractivity contribution in [2.75, 3.05) is 6.54 Å². The zero-order chi connectivity index (χ0) is 25.0. The van der Waals surface area contributed by atoms with Crippen LogP contribution < -0.4 is 4.57 Å². The molecule has 0 atom stereocenters. The first-order valence-electron chi connectivity index (χ1n) is 12.9. The first-order chi connectivity index (χ1) is 16.9. The lowest BCUT2D eigenvalue weighted by Crippen LogP contribution is -2.33. The SMILES string of the molecule is C/C=C(C)\C=C(\C)C=NCCCc1ccc(-c2ccc(CCC[n+]3cc(C)cc(C)c3)cc2)cc1. The first kappa shape index (κ1) is 26.3. The molecule has 0 aliphatic rings. The Hall–Kier alpha value is -3.26. The van der Waals surface area contributed by atoms with Gasteiger partial charge in [-0.2, -0.15) is 0 Å². The standard InChI is InChI=1S/C33H41N2/c1-6-26(2)21-27(3)23-34-19-7-9-30-11-15-32(16-12-30)33-17-13-31(14-18-33)10-8-20-35-24-28(4)22-29(5)25-35/h6,11-18,21-25H,7-10,19-20H2,1-5H3/q+1/b26-6-,27-21-,34-23?. The normalized spacial score (nSPS) is 12.5. The van der Waals surface area contributed by atoms with E-state index in [9.17, 15) is 0 Å². The number of allylic oxidation sites excluding steroid dienone is 4. The highest BCUT2D eigenvalue weighted by atomic mass is 14.9. The highest BCUT2D eigenvalue weighted by Crippen LogP contribution is 2.21. The van der Waals surface area contributed by atoms with Crippen molar-refractivity contribution in [2.45, 2.75) is 66.8 Å². The summed E-state index contributed by atoms with van der Waals surface area (Å²) in [5.74, 6) is 0. The molecular weight excluding hydrogens is 424 g/mol. The summed E-state index contributed by atoms with van der Waals surface area (Å²) in [4.78, 5) is 4.57. The third-order valence-electron chi connectivity index (χ3n) is 6.28. The zero-order valence-electron chi connectivity index (χ0n) is 22.2. The van der Waals surface area contributed by atoms with E-state index in [4.69, 9.17) is 0 Å². The zero-order valence-corrected chi connectivity index (χ0v) is 22.2. The van der Waals surface area contributed by atoms with E-state index in [-0.39, 0.29) is 0 Å². The van der Waals surface area contributed by atoms with Gasteiger partial charge in [-0.25, -0.2) is 4.57 Å². The van der Waals surface area contributed by atoms with Gasteiger partial charge in [0.05, 0.1) is 0 Å². The molecule has 0 saturated heterocycles. The molecule has 2 nitrogen and oxygen atoms in total. The second-order valence-electron chi connectivity index (χ2n) is 9.69. The van der Waals surface area contributed by atoms with Gasteiger partial charge in [0, 0.05) is 30.3 Å². The van der Waals surface area contributed by atoms with Gasteiger partial charge in [-0.1, -0.05) is 66.3 Å². The molecule has 0 N–H and O–H groups in total. The molecule has 0 aliphatic heterocycles. The molecule has 0 bridgehead atoms.